The Balaban J connectivity index is 0.000000350. The average molecular weight is 486 g/mol. The van der Waals surface area contributed by atoms with Gasteiger partial charge in [0.2, 0.25) is 0 Å². The number of aryl methyl sites for hydroxylation is 2. The Morgan fingerprint density at radius 2 is 1.82 bits per heavy atom. The van der Waals surface area contributed by atoms with Crippen molar-refractivity contribution in [2.45, 2.75) is 45.6 Å². The molecule has 0 amide bonds. The van der Waals surface area contributed by atoms with Crippen molar-refractivity contribution in [3.63, 3.8) is 0 Å². The number of rotatable bonds is 4. The molecule has 1 saturated carbocycles. The Kier molecular flexibility index (Phi) is 8.43. The first kappa shape index (κ1) is 26.6. The number of nitrogens with zero attached hydrogens (tertiary/aromatic N) is 1. The largest absolute Gasteiger partial charge is 1.00 e. The quantitative estimate of drug-likeness (QED) is 0.416. The molecule has 0 unspecified atom stereocenters. The second-order valence-corrected chi connectivity index (χ2v) is 9.76. The van der Waals surface area contributed by atoms with Crippen LogP contribution in [0.3, 0.4) is 0 Å². The van der Waals surface area contributed by atoms with Gasteiger partial charge in [0.1, 0.15) is 5.75 Å². The van der Waals surface area contributed by atoms with Crippen LogP contribution in [0.5, 0.6) is 5.75 Å². The van der Waals surface area contributed by atoms with Crippen LogP contribution in [0, 0.1) is 13.8 Å². The standard InChI is InChI=1S/C21H17NO3S.C6H12O.Na/c1-11-8-9-16(25-3)18-14(21(23)24)10-15(22-19(11)18)20-12(2)13-6-4-5-7-17(13)26-20;1-6(7-2)4-3-5-6;/h4-10H,1-3H3,(H,23,24);3-5H2,1-2H3;/q;;+1/p-1. The van der Waals surface area contributed by atoms with Crippen molar-refractivity contribution in [3.8, 4) is 16.3 Å². The molecule has 1 aliphatic carbocycles. The van der Waals surface area contributed by atoms with Gasteiger partial charge in [-0.25, -0.2) is 4.98 Å². The predicted molar refractivity (Wildman–Crippen MR) is 132 cm³/mol. The summed E-state index contributed by atoms with van der Waals surface area (Å²) in [7, 11) is 3.31. The van der Waals surface area contributed by atoms with E-state index >= 15 is 0 Å². The molecule has 34 heavy (non-hydrogen) atoms. The van der Waals surface area contributed by atoms with E-state index in [1.165, 1.54) is 26.4 Å². The zero-order chi connectivity index (χ0) is 23.8. The van der Waals surface area contributed by atoms with Crippen LogP contribution in [0.4, 0.5) is 0 Å². The summed E-state index contributed by atoms with van der Waals surface area (Å²) in [6.45, 7) is 6.11. The van der Waals surface area contributed by atoms with Gasteiger partial charge in [-0.15, -0.1) is 11.3 Å². The van der Waals surface area contributed by atoms with Crippen LogP contribution < -0.4 is 39.4 Å². The van der Waals surface area contributed by atoms with Crippen LogP contribution in [-0.4, -0.2) is 30.8 Å². The fourth-order valence-electron chi connectivity index (χ4n) is 4.19. The van der Waals surface area contributed by atoms with E-state index in [4.69, 9.17) is 14.5 Å². The Morgan fingerprint density at radius 3 is 2.35 bits per heavy atom. The number of carbonyl (C=O) groups is 1. The van der Waals surface area contributed by atoms with Gasteiger partial charge in [0.15, 0.2) is 0 Å². The van der Waals surface area contributed by atoms with E-state index in [9.17, 15) is 9.90 Å². The molecular weight excluding hydrogens is 457 g/mol. The molecule has 7 heteroatoms. The van der Waals surface area contributed by atoms with Gasteiger partial charge in [0, 0.05) is 17.4 Å². The summed E-state index contributed by atoms with van der Waals surface area (Å²) in [5.74, 6) is -0.752. The Morgan fingerprint density at radius 1 is 1.12 bits per heavy atom. The van der Waals surface area contributed by atoms with Gasteiger partial charge >= 0.3 is 29.6 Å². The minimum atomic E-state index is -1.23. The number of carboxylic acids is 1. The SMILES string of the molecule is COC1(C)CCC1.COc1ccc(C)c2nc(-c3sc4ccccc4c3C)cc(C(=O)[O-])c12.[Na+]. The first-order valence-corrected chi connectivity index (χ1v) is 11.8. The minimum absolute atomic E-state index is 0. The molecule has 0 aliphatic heterocycles. The third kappa shape index (κ3) is 5.02. The van der Waals surface area contributed by atoms with Crippen LogP contribution in [0.1, 0.15) is 47.7 Å². The number of hydrogen-bond acceptors (Lipinski definition) is 6. The molecule has 0 atom stereocenters. The maximum Gasteiger partial charge on any atom is 1.00 e. The van der Waals surface area contributed by atoms with Crippen molar-refractivity contribution >= 4 is 38.3 Å². The second-order valence-electron chi connectivity index (χ2n) is 8.71. The van der Waals surface area contributed by atoms with Crippen LogP contribution >= 0.6 is 11.3 Å². The second kappa shape index (κ2) is 10.8. The van der Waals surface area contributed by atoms with Crippen molar-refractivity contribution in [1.29, 1.82) is 0 Å². The van der Waals surface area contributed by atoms with Crippen LogP contribution in [0.15, 0.2) is 42.5 Å². The molecule has 1 fully saturated rings. The van der Waals surface area contributed by atoms with E-state index < -0.39 is 5.97 Å². The van der Waals surface area contributed by atoms with Crippen molar-refractivity contribution in [1.82, 2.24) is 4.98 Å². The Hall–Kier alpha value is -1.96. The fraction of sp³-hybridized carbons (Fsp3) is 0.333. The number of carboxylic acid groups (broad SMARTS) is 1. The van der Waals surface area contributed by atoms with Crippen molar-refractivity contribution in [3.05, 3.63) is 59.2 Å². The third-order valence-electron chi connectivity index (χ3n) is 6.54. The summed E-state index contributed by atoms with van der Waals surface area (Å²) in [6, 6.07) is 13.4. The van der Waals surface area contributed by atoms with Gasteiger partial charge in [-0.05, 0) is 74.7 Å². The molecular formula is C27H28NNaO4S. The van der Waals surface area contributed by atoms with Crippen molar-refractivity contribution in [2.24, 2.45) is 0 Å². The number of aromatic carboxylic acids is 1. The molecule has 1 aliphatic rings. The number of thiophene rings is 1. The summed E-state index contributed by atoms with van der Waals surface area (Å²) in [4.78, 5) is 17.6. The fourth-order valence-corrected chi connectivity index (χ4v) is 5.36. The number of hydrogen-bond donors (Lipinski definition) is 0. The van der Waals surface area contributed by atoms with Gasteiger partial charge in [-0.1, -0.05) is 24.3 Å². The van der Waals surface area contributed by atoms with E-state index in [1.54, 1.807) is 30.6 Å². The molecule has 172 valence electrons. The normalized spacial score (nSPS) is 14.0. The zero-order valence-electron chi connectivity index (χ0n) is 20.7. The van der Waals surface area contributed by atoms with Crippen molar-refractivity contribution < 1.29 is 48.9 Å². The van der Waals surface area contributed by atoms with E-state index in [-0.39, 0.29) is 40.7 Å². The first-order chi connectivity index (χ1) is 15.8. The van der Waals surface area contributed by atoms with Crippen LogP contribution in [0.25, 0.3) is 31.6 Å². The molecule has 2 aromatic heterocycles. The number of carbonyl (C=O) groups excluding carboxylic acids is 1. The maximum atomic E-state index is 11.8. The molecule has 0 radical (unpaired) electrons. The Bertz CT molecular complexity index is 1340. The van der Waals surface area contributed by atoms with Gasteiger partial charge in [0.25, 0.3) is 0 Å². The molecule has 0 spiro atoms. The molecule has 5 nitrogen and oxygen atoms in total. The van der Waals surface area contributed by atoms with Gasteiger partial charge in [0.05, 0.1) is 40.2 Å². The summed E-state index contributed by atoms with van der Waals surface area (Å²) in [5.41, 5.74) is 3.62. The van der Waals surface area contributed by atoms with Crippen LogP contribution in [0.2, 0.25) is 0 Å². The number of aromatic nitrogens is 1. The minimum Gasteiger partial charge on any atom is -0.545 e. The number of methoxy groups -OCH3 is 2. The summed E-state index contributed by atoms with van der Waals surface area (Å²) in [6.07, 6.45) is 3.86. The molecule has 4 aromatic rings. The topological polar surface area (TPSA) is 71.5 Å². The Labute approximate surface area is 226 Å². The number of pyridine rings is 1. The molecule has 0 bridgehead atoms. The van der Waals surface area contributed by atoms with E-state index in [0.29, 0.717) is 22.3 Å². The smallest absolute Gasteiger partial charge is 0.545 e. The molecule has 0 N–H and O–H groups in total. The van der Waals surface area contributed by atoms with Crippen molar-refractivity contribution in [2.75, 3.05) is 14.2 Å². The van der Waals surface area contributed by atoms with E-state index in [0.717, 1.165) is 26.1 Å². The van der Waals surface area contributed by atoms with E-state index in [1.807, 2.05) is 32.0 Å². The predicted octanol–water partition coefficient (Wildman–Crippen LogP) is 2.68. The molecule has 2 aromatic carbocycles. The summed E-state index contributed by atoms with van der Waals surface area (Å²) >= 11 is 1.61. The third-order valence-corrected chi connectivity index (χ3v) is 7.84. The first-order valence-electron chi connectivity index (χ1n) is 11.0. The maximum absolute atomic E-state index is 11.8. The molecule has 5 rings (SSSR count). The number of ether oxygens (including phenoxy) is 2. The molecule has 0 saturated heterocycles. The van der Waals surface area contributed by atoms with Gasteiger partial charge < -0.3 is 19.4 Å². The summed E-state index contributed by atoms with van der Waals surface area (Å²) < 4.78 is 11.7. The zero-order valence-corrected chi connectivity index (χ0v) is 23.5. The summed E-state index contributed by atoms with van der Waals surface area (Å²) in [5, 5.41) is 13.5. The monoisotopic (exact) mass is 485 g/mol. The average Bonchev–Trinajstić information content (AvgIpc) is 3.14. The van der Waals surface area contributed by atoms with E-state index in [2.05, 4.69) is 19.1 Å². The number of fused-ring (bicyclic) bond motifs is 2. The number of benzene rings is 2. The molecule has 2 heterocycles. The van der Waals surface area contributed by atoms with Gasteiger partial charge in [-0.3, -0.25) is 0 Å². The van der Waals surface area contributed by atoms with Gasteiger partial charge in [-0.2, -0.15) is 0 Å². The van der Waals surface area contributed by atoms with Crippen LogP contribution in [-0.2, 0) is 4.74 Å².